The van der Waals surface area contributed by atoms with Crippen LogP contribution in [0.4, 0.5) is 0 Å². The fraction of sp³-hybridized carbons (Fsp3) is 0.438. The molecule has 1 aromatic heterocycles. The predicted octanol–water partition coefficient (Wildman–Crippen LogP) is 5.14. The van der Waals surface area contributed by atoms with Crippen LogP contribution in [0.25, 0.3) is 6.08 Å². The van der Waals surface area contributed by atoms with E-state index in [2.05, 4.69) is 36.7 Å². The monoisotopic (exact) mass is 259 g/mol. The van der Waals surface area contributed by atoms with Crippen molar-refractivity contribution in [1.82, 2.24) is 4.98 Å². The van der Waals surface area contributed by atoms with Crippen molar-refractivity contribution in [1.29, 1.82) is 0 Å². The number of H-pyrrole nitrogens is 1. The highest BCUT2D eigenvalue weighted by molar-refractivity contribution is 7.71. The average molecular weight is 259 g/mol. The lowest BCUT2D eigenvalue weighted by molar-refractivity contribution is 0.302. The van der Waals surface area contributed by atoms with Gasteiger partial charge in [-0.05, 0) is 49.1 Å². The van der Waals surface area contributed by atoms with E-state index in [1.54, 1.807) is 5.57 Å². The van der Waals surface area contributed by atoms with Crippen LogP contribution in [-0.2, 0) is 0 Å². The summed E-state index contributed by atoms with van der Waals surface area (Å²) in [5.41, 5.74) is 2.79. The largest absolute Gasteiger partial charge is 0.352 e. The number of aromatic amines is 1. The maximum absolute atomic E-state index is 5.05. The van der Waals surface area contributed by atoms with Crippen molar-refractivity contribution < 1.29 is 0 Å². The Morgan fingerprint density at radius 2 is 2.33 bits per heavy atom. The predicted molar refractivity (Wildman–Crippen MR) is 80.9 cm³/mol. The Balaban J connectivity index is 2.05. The second kappa shape index (κ2) is 6.14. The molecule has 2 heteroatoms. The molecule has 2 atom stereocenters. The van der Waals surface area contributed by atoms with Crippen LogP contribution in [-0.4, -0.2) is 4.98 Å². The lowest BCUT2D eigenvalue weighted by Gasteiger charge is -2.29. The molecule has 0 saturated heterocycles. The summed E-state index contributed by atoms with van der Waals surface area (Å²) < 4.78 is 0.792. The summed E-state index contributed by atoms with van der Waals surface area (Å²) in [5, 5.41) is 0. The Kier molecular flexibility index (Phi) is 4.54. The average Bonchev–Trinajstić information content (AvgIpc) is 2.36. The molecule has 1 aliphatic rings. The molecule has 2 rings (SSSR count). The third kappa shape index (κ3) is 3.42. The summed E-state index contributed by atoms with van der Waals surface area (Å²) in [6.07, 6.45) is 11.3. The van der Waals surface area contributed by atoms with Gasteiger partial charge in [0.15, 0.2) is 0 Å². The summed E-state index contributed by atoms with van der Waals surface area (Å²) in [4.78, 5) is 3.09. The molecule has 1 aliphatic carbocycles. The van der Waals surface area contributed by atoms with E-state index < -0.39 is 0 Å². The standard InChI is InChI=1S/C16H21NS/c1-3-4-15-7-5-13(9-12(15)2)10-14-6-8-16(18)17-11-14/h3,6,8,10-12,15H,1,4-5,7,9H2,2H3,(H,17,18)/b13-10-. The lowest BCUT2D eigenvalue weighted by Crippen LogP contribution is -2.17. The minimum absolute atomic E-state index is 0.769. The molecular formula is C16H21NS. The smallest absolute Gasteiger partial charge is 0.103 e. The SMILES string of the molecule is C=CCC1CC/C(=C/c2ccc(=S)[nH]c2)CC1C. The van der Waals surface area contributed by atoms with Gasteiger partial charge in [-0.3, -0.25) is 0 Å². The molecular weight excluding hydrogens is 238 g/mol. The Morgan fingerprint density at radius 1 is 1.50 bits per heavy atom. The minimum atomic E-state index is 0.769. The van der Waals surface area contributed by atoms with Crippen molar-refractivity contribution in [2.75, 3.05) is 0 Å². The van der Waals surface area contributed by atoms with Crippen LogP contribution in [0, 0.1) is 16.5 Å². The molecule has 0 radical (unpaired) electrons. The molecule has 1 N–H and O–H groups in total. The third-order valence-corrected chi connectivity index (χ3v) is 4.13. The second-order valence-corrected chi connectivity index (χ2v) is 5.73. The van der Waals surface area contributed by atoms with Gasteiger partial charge in [0.05, 0.1) is 0 Å². The number of nitrogens with one attached hydrogen (secondary N) is 1. The van der Waals surface area contributed by atoms with E-state index in [-0.39, 0.29) is 0 Å². The number of rotatable bonds is 3. The van der Waals surface area contributed by atoms with Gasteiger partial charge in [-0.25, -0.2) is 0 Å². The van der Waals surface area contributed by atoms with Gasteiger partial charge in [-0.15, -0.1) is 6.58 Å². The molecule has 0 amide bonds. The van der Waals surface area contributed by atoms with E-state index in [9.17, 15) is 0 Å². The van der Waals surface area contributed by atoms with Crippen molar-refractivity contribution in [3.63, 3.8) is 0 Å². The Bertz CT molecular complexity index is 478. The topological polar surface area (TPSA) is 15.8 Å². The minimum Gasteiger partial charge on any atom is -0.352 e. The fourth-order valence-corrected chi connectivity index (χ4v) is 2.91. The molecule has 0 aromatic carbocycles. The molecule has 0 bridgehead atoms. The summed E-state index contributed by atoms with van der Waals surface area (Å²) in [6.45, 7) is 6.22. The van der Waals surface area contributed by atoms with Crippen molar-refractivity contribution in [3.05, 3.63) is 46.8 Å². The van der Waals surface area contributed by atoms with Crippen molar-refractivity contribution in [3.8, 4) is 0 Å². The number of allylic oxidation sites excluding steroid dienone is 2. The van der Waals surface area contributed by atoms with Gasteiger partial charge in [0, 0.05) is 6.20 Å². The highest BCUT2D eigenvalue weighted by Gasteiger charge is 2.22. The molecule has 96 valence electrons. The summed E-state index contributed by atoms with van der Waals surface area (Å²) in [6, 6.07) is 4.04. The Morgan fingerprint density at radius 3 is 2.94 bits per heavy atom. The molecule has 1 fully saturated rings. The molecule has 1 nitrogen and oxygen atoms in total. The number of hydrogen-bond acceptors (Lipinski definition) is 1. The highest BCUT2D eigenvalue weighted by atomic mass is 32.1. The van der Waals surface area contributed by atoms with Gasteiger partial charge >= 0.3 is 0 Å². The van der Waals surface area contributed by atoms with Crippen molar-refractivity contribution in [2.45, 2.75) is 32.6 Å². The van der Waals surface area contributed by atoms with Gasteiger partial charge in [0.1, 0.15) is 4.64 Å². The van der Waals surface area contributed by atoms with Crippen LogP contribution in [0.3, 0.4) is 0 Å². The van der Waals surface area contributed by atoms with Crippen LogP contribution >= 0.6 is 12.2 Å². The van der Waals surface area contributed by atoms with Gasteiger partial charge in [0.2, 0.25) is 0 Å². The van der Waals surface area contributed by atoms with Crippen molar-refractivity contribution >= 4 is 18.3 Å². The van der Waals surface area contributed by atoms with E-state index in [1.807, 2.05) is 12.3 Å². The van der Waals surface area contributed by atoms with Gasteiger partial charge in [0.25, 0.3) is 0 Å². The molecule has 1 aromatic rings. The van der Waals surface area contributed by atoms with Crippen LogP contribution < -0.4 is 0 Å². The first-order chi connectivity index (χ1) is 8.69. The van der Waals surface area contributed by atoms with E-state index >= 15 is 0 Å². The first-order valence-corrected chi connectivity index (χ1v) is 7.09. The maximum Gasteiger partial charge on any atom is 0.103 e. The van der Waals surface area contributed by atoms with Gasteiger partial charge < -0.3 is 4.98 Å². The highest BCUT2D eigenvalue weighted by Crippen LogP contribution is 2.36. The second-order valence-electron chi connectivity index (χ2n) is 5.29. The molecule has 18 heavy (non-hydrogen) atoms. The van der Waals surface area contributed by atoms with Gasteiger partial charge in [-0.1, -0.05) is 42.9 Å². The molecule has 2 unspecified atom stereocenters. The zero-order valence-corrected chi connectivity index (χ0v) is 11.8. The first-order valence-electron chi connectivity index (χ1n) is 6.68. The number of aromatic nitrogens is 1. The quantitative estimate of drug-likeness (QED) is 0.587. The molecule has 1 saturated carbocycles. The van der Waals surface area contributed by atoms with Crippen molar-refractivity contribution in [2.24, 2.45) is 11.8 Å². The third-order valence-electron chi connectivity index (χ3n) is 3.87. The van der Waals surface area contributed by atoms with E-state index in [0.717, 1.165) is 22.9 Å². The Labute approximate surface area is 115 Å². The maximum atomic E-state index is 5.05. The van der Waals surface area contributed by atoms with Crippen LogP contribution in [0.15, 0.2) is 36.6 Å². The zero-order valence-electron chi connectivity index (χ0n) is 11.0. The van der Waals surface area contributed by atoms with Gasteiger partial charge in [-0.2, -0.15) is 0 Å². The Hall–Kier alpha value is -1.15. The zero-order chi connectivity index (χ0) is 13.0. The van der Waals surface area contributed by atoms with Crippen LogP contribution in [0.5, 0.6) is 0 Å². The summed E-state index contributed by atoms with van der Waals surface area (Å²) in [5.74, 6) is 1.59. The van der Waals surface area contributed by atoms with E-state index in [0.29, 0.717) is 0 Å². The van der Waals surface area contributed by atoms with E-state index in [1.165, 1.54) is 24.8 Å². The number of hydrogen-bond donors (Lipinski definition) is 1. The van der Waals surface area contributed by atoms with E-state index in [4.69, 9.17) is 12.2 Å². The normalized spacial score (nSPS) is 26.2. The molecule has 0 aliphatic heterocycles. The molecule has 0 spiro atoms. The first kappa shape index (κ1) is 13.3. The van der Waals surface area contributed by atoms with Crippen LogP contribution in [0.1, 0.15) is 38.2 Å². The molecule has 1 heterocycles. The summed E-state index contributed by atoms with van der Waals surface area (Å²) >= 11 is 5.05. The number of pyridine rings is 1. The van der Waals surface area contributed by atoms with Crippen LogP contribution in [0.2, 0.25) is 0 Å². The summed E-state index contributed by atoms with van der Waals surface area (Å²) in [7, 11) is 0. The lowest BCUT2D eigenvalue weighted by atomic mass is 9.76. The fourth-order valence-electron chi connectivity index (χ4n) is 2.78.